The number of nitrogens with zero attached hydrogens (tertiary/aromatic N) is 3. The van der Waals surface area contributed by atoms with Crippen LogP contribution in [0.4, 0.5) is 5.69 Å². The summed E-state index contributed by atoms with van der Waals surface area (Å²) in [7, 11) is 1.62. The zero-order chi connectivity index (χ0) is 18.8. The van der Waals surface area contributed by atoms with Crippen LogP contribution in [0.1, 0.15) is 25.1 Å². The van der Waals surface area contributed by atoms with Crippen molar-refractivity contribution in [3.63, 3.8) is 0 Å². The molecule has 0 saturated carbocycles. The molecular weight excluding hydrogens is 326 g/mol. The highest BCUT2D eigenvalue weighted by Crippen LogP contribution is 2.23. The molecule has 3 aromatic rings. The van der Waals surface area contributed by atoms with Gasteiger partial charge in [0.1, 0.15) is 0 Å². The lowest BCUT2D eigenvalue weighted by molar-refractivity contribution is -0.118. The molecule has 1 amide bonds. The Labute approximate surface area is 152 Å². The predicted octanol–water partition coefficient (Wildman–Crippen LogP) is 3.23. The molecule has 0 saturated heterocycles. The number of hydrogen-bond donors (Lipinski definition) is 0. The van der Waals surface area contributed by atoms with Crippen LogP contribution in [0.3, 0.4) is 0 Å². The third-order valence-electron chi connectivity index (χ3n) is 4.51. The van der Waals surface area contributed by atoms with Gasteiger partial charge >= 0.3 is 0 Å². The molecule has 0 atom stereocenters. The van der Waals surface area contributed by atoms with Crippen molar-refractivity contribution in [1.29, 1.82) is 0 Å². The minimum atomic E-state index is -0.156. The van der Waals surface area contributed by atoms with Gasteiger partial charge in [0.2, 0.25) is 5.91 Å². The molecule has 2 aromatic carbocycles. The van der Waals surface area contributed by atoms with E-state index in [1.165, 1.54) is 4.68 Å². The summed E-state index contributed by atoms with van der Waals surface area (Å²) in [5, 5.41) is 5.67. The molecule has 0 aliphatic heterocycles. The second-order valence-electron chi connectivity index (χ2n) is 6.74. The van der Waals surface area contributed by atoms with Crippen molar-refractivity contribution < 1.29 is 4.79 Å². The molecule has 0 fully saturated rings. The fourth-order valence-electron chi connectivity index (χ4n) is 3.27. The summed E-state index contributed by atoms with van der Waals surface area (Å²) >= 11 is 0. The fraction of sp³-hybridized carbons (Fsp3) is 0.286. The molecular formula is C21H23N3O2. The number of benzene rings is 2. The predicted molar refractivity (Wildman–Crippen MR) is 104 cm³/mol. The van der Waals surface area contributed by atoms with E-state index in [0.29, 0.717) is 11.1 Å². The summed E-state index contributed by atoms with van der Waals surface area (Å²) in [6, 6.07) is 15.2. The monoisotopic (exact) mass is 349 g/mol. The van der Waals surface area contributed by atoms with E-state index in [0.717, 1.165) is 16.6 Å². The number of para-hydroxylation sites is 1. The Balaban J connectivity index is 2.04. The van der Waals surface area contributed by atoms with Crippen molar-refractivity contribution >= 4 is 22.4 Å². The largest absolute Gasteiger partial charge is 0.309 e. The molecule has 0 unspecified atom stereocenters. The standard InChI is InChI=1S/C21H23N3O2/c1-14(2)24(19-12-8-5-9-15(19)3)20(25)13-18-16-10-6-7-11-17(16)21(26)23(4)22-18/h5-12,14H,13H2,1-4H3. The molecule has 26 heavy (non-hydrogen) atoms. The van der Waals surface area contributed by atoms with E-state index < -0.39 is 0 Å². The molecule has 0 N–H and O–H groups in total. The van der Waals surface area contributed by atoms with E-state index in [2.05, 4.69) is 5.10 Å². The first-order chi connectivity index (χ1) is 12.4. The Morgan fingerprint density at radius 1 is 1.08 bits per heavy atom. The highest BCUT2D eigenvalue weighted by molar-refractivity contribution is 5.98. The topological polar surface area (TPSA) is 55.2 Å². The second kappa shape index (κ2) is 7.12. The zero-order valence-corrected chi connectivity index (χ0v) is 15.6. The number of amides is 1. The Morgan fingerprint density at radius 2 is 1.69 bits per heavy atom. The molecule has 5 nitrogen and oxygen atoms in total. The van der Waals surface area contributed by atoms with Crippen LogP contribution in [0.5, 0.6) is 0 Å². The van der Waals surface area contributed by atoms with Crippen molar-refractivity contribution in [2.24, 2.45) is 7.05 Å². The van der Waals surface area contributed by atoms with Gasteiger partial charge in [0.05, 0.1) is 17.5 Å². The first-order valence-corrected chi connectivity index (χ1v) is 8.72. The minimum absolute atomic E-state index is 0.0161. The number of fused-ring (bicyclic) bond motifs is 1. The van der Waals surface area contributed by atoms with Crippen molar-refractivity contribution in [2.45, 2.75) is 33.2 Å². The molecule has 3 rings (SSSR count). The van der Waals surface area contributed by atoms with E-state index in [4.69, 9.17) is 0 Å². The molecule has 134 valence electrons. The summed E-state index contributed by atoms with van der Waals surface area (Å²) in [6.45, 7) is 5.99. The number of anilines is 1. The van der Waals surface area contributed by atoms with Gasteiger partial charge in [0.25, 0.3) is 5.56 Å². The maximum atomic E-state index is 13.1. The lowest BCUT2D eigenvalue weighted by Gasteiger charge is -2.28. The number of aromatic nitrogens is 2. The summed E-state index contributed by atoms with van der Waals surface area (Å²) in [6.07, 6.45) is 0.140. The van der Waals surface area contributed by atoms with E-state index in [1.54, 1.807) is 18.0 Å². The Kier molecular flexibility index (Phi) is 4.89. The highest BCUT2D eigenvalue weighted by atomic mass is 16.2. The van der Waals surface area contributed by atoms with Gasteiger partial charge in [-0.3, -0.25) is 9.59 Å². The van der Waals surface area contributed by atoms with E-state index >= 15 is 0 Å². The van der Waals surface area contributed by atoms with Crippen LogP contribution in [-0.4, -0.2) is 21.7 Å². The molecule has 1 aromatic heterocycles. The van der Waals surface area contributed by atoms with E-state index in [9.17, 15) is 9.59 Å². The van der Waals surface area contributed by atoms with Gasteiger partial charge in [0, 0.05) is 24.2 Å². The zero-order valence-electron chi connectivity index (χ0n) is 15.6. The molecule has 0 bridgehead atoms. The normalized spacial score (nSPS) is 11.1. The van der Waals surface area contributed by atoms with Gasteiger partial charge in [-0.15, -0.1) is 0 Å². The van der Waals surface area contributed by atoms with Crippen LogP contribution < -0.4 is 10.5 Å². The number of aryl methyl sites for hydroxylation is 2. The van der Waals surface area contributed by atoms with Crippen LogP contribution in [0.15, 0.2) is 53.3 Å². The summed E-state index contributed by atoms with van der Waals surface area (Å²) < 4.78 is 1.30. The highest BCUT2D eigenvalue weighted by Gasteiger charge is 2.22. The Hall–Kier alpha value is -2.95. The van der Waals surface area contributed by atoms with Crippen LogP contribution in [-0.2, 0) is 18.3 Å². The van der Waals surface area contributed by atoms with Crippen molar-refractivity contribution in [3.8, 4) is 0 Å². The lowest BCUT2D eigenvalue weighted by atomic mass is 10.1. The van der Waals surface area contributed by atoms with Gasteiger partial charge in [-0.25, -0.2) is 4.68 Å². The average Bonchev–Trinajstić information content (AvgIpc) is 2.61. The van der Waals surface area contributed by atoms with Crippen molar-refractivity contribution in [2.75, 3.05) is 4.90 Å². The average molecular weight is 349 g/mol. The quantitative estimate of drug-likeness (QED) is 0.727. The van der Waals surface area contributed by atoms with Gasteiger partial charge in [-0.1, -0.05) is 36.4 Å². The third kappa shape index (κ3) is 3.25. The maximum absolute atomic E-state index is 13.1. The Morgan fingerprint density at radius 3 is 2.35 bits per heavy atom. The molecule has 0 aliphatic rings. The maximum Gasteiger partial charge on any atom is 0.274 e. The molecule has 0 aliphatic carbocycles. The molecule has 1 heterocycles. The first kappa shape index (κ1) is 17.9. The van der Waals surface area contributed by atoms with E-state index in [-0.39, 0.29) is 23.9 Å². The van der Waals surface area contributed by atoms with Crippen molar-refractivity contribution in [3.05, 3.63) is 70.1 Å². The van der Waals surface area contributed by atoms with Crippen LogP contribution in [0.2, 0.25) is 0 Å². The van der Waals surface area contributed by atoms with Gasteiger partial charge in [0.15, 0.2) is 0 Å². The lowest BCUT2D eigenvalue weighted by Crippen LogP contribution is -2.39. The van der Waals surface area contributed by atoms with Gasteiger partial charge in [-0.05, 0) is 38.5 Å². The molecule has 5 heteroatoms. The summed E-state index contributed by atoms with van der Waals surface area (Å²) in [5.41, 5.74) is 2.41. The first-order valence-electron chi connectivity index (χ1n) is 8.72. The van der Waals surface area contributed by atoms with Crippen molar-refractivity contribution in [1.82, 2.24) is 9.78 Å². The van der Waals surface area contributed by atoms with Crippen LogP contribution in [0.25, 0.3) is 10.8 Å². The van der Waals surface area contributed by atoms with Crippen LogP contribution >= 0.6 is 0 Å². The minimum Gasteiger partial charge on any atom is -0.309 e. The number of carbonyl (C=O) groups excluding carboxylic acids is 1. The smallest absolute Gasteiger partial charge is 0.274 e. The van der Waals surface area contributed by atoms with E-state index in [1.807, 2.05) is 63.2 Å². The van der Waals surface area contributed by atoms with Gasteiger partial charge < -0.3 is 4.90 Å². The van der Waals surface area contributed by atoms with Crippen LogP contribution in [0, 0.1) is 6.92 Å². The molecule has 0 spiro atoms. The number of rotatable bonds is 4. The fourth-order valence-corrected chi connectivity index (χ4v) is 3.27. The molecule has 0 radical (unpaired) electrons. The SMILES string of the molecule is Cc1ccccc1N(C(=O)Cc1nn(C)c(=O)c2ccccc12)C(C)C. The van der Waals surface area contributed by atoms with Gasteiger partial charge in [-0.2, -0.15) is 5.10 Å². The Bertz CT molecular complexity index is 1020. The third-order valence-corrected chi connectivity index (χ3v) is 4.51. The second-order valence-corrected chi connectivity index (χ2v) is 6.74. The number of carbonyl (C=O) groups is 1. The number of hydrogen-bond acceptors (Lipinski definition) is 3. The summed E-state index contributed by atoms with van der Waals surface area (Å²) in [5.74, 6) is -0.0365. The summed E-state index contributed by atoms with van der Waals surface area (Å²) in [4.78, 5) is 27.2.